The Hall–Kier alpha value is -2.07. The van der Waals surface area contributed by atoms with Gasteiger partial charge in [-0.15, -0.1) is 0 Å². The van der Waals surface area contributed by atoms with Gasteiger partial charge < -0.3 is 4.74 Å². The van der Waals surface area contributed by atoms with Crippen molar-refractivity contribution in [1.82, 2.24) is 4.98 Å². The van der Waals surface area contributed by atoms with Crippen molar-refractivity contribution in [2.75, 3.05) is 0 Å². The summed E-state index contributed by atoms with van der Waals surface area (Å²) < 4.78 is 7.13. The third-order valence-electron chi connectivity index (χ3n) is 9.35. The summed E-state index contributed by atoms with van der Waals surface area (Å²) in [6.45, 7) is 8.98. The van der Waals surface area contributed by atoms with Crippen molar-refractivity contribution in [3.63, 3.8) is 0 Å². The van der Waals surface area contributed by atoms with E-state index in [4.69, 9.17) is 9.72 Å². The van der Waals surface area contributed by atoms with Gasteiger partial charge in [-0.3, -0.25) is 4.98 Å². The highest BCUT2D eigenvalue weighted by atomic mass is 16.5. The predicted octanol–water partition coefficient (Wildman–Crippen LogP) is 8.14. The molecule has 2 heterocycles. The number of pyridine rings is 1. The van der Waals surface area contributed by atoms with Gasteiger partial charge in [0.25, 0.3) is 0 Å². The Balaban J connectivity index is 1.58. The lowest BCUT2D eigenvalue weighted by Crippen LogP contribution is -2.39. The Morgan fingerprint density at radius 3 is 2.21 bits per heavy atom. The summed E-state index contributed by atoms with van der Waals surface area (Å²) in [6.07, 6.45) is 9.89. The maximum Gasteiger partial charge on any atom is 0.120 e. The Kier molecular flexibility index (Phi) is 5.26. The second-order valence-corrected chi connectivity index (χ2v) is 12.2. The van der Waals surface area contributed by atoms with Gasteiger partial charge in [0.05, 0.1) is 5.60 Å². The summed E-state index contributed by atoms with van der Waals surface area (Å²) >= 11 is 0. The van der Waals surface area contributed by atoms with Crippen LogP contribution in [0.15, 0.2) is 29.4 Å². The van der Waals surface area contributed by atoms with E-state index in [9.17, 15) is 4.91 Å². The van der Waals surface area contributed by atoms with E-state index >= 15 is 0 Å². The lowest BCUT2D eigenvalue weighted by molar-refractivity contribution is -0.0572. The molecule has 0 amide bonds. The van der Waals surface area contributed by atoms with E-state index in [1.165, 1.54) is 60.1 Å². The minimum absolute atomic E-state index is 0.114. The summed E-state index contributed by atoms with van der Waals surface area (Å²) in [5.74, 6) is 0.809. The number of hydrogen-bond acceptors (Lipinski definition) is 4. The maximum absolute atomic E-state index is 12.3. The van der Waals surface area contributed by atoms with Crippen LogP contribution in [-0.4, -0.2) is 4.98 Å². The highest BCUT2D eigenvalue weighted by molar-refractivity contribution is 5.55. The quantitative estimate of drug-likeness (QED) is 0.434. The van der Waals surface area contributed by atoms with Crippen LogP contribution in [0.25, 0.3) is 0 Å². The zero-order valence-corrected chi connectivity index (χ0v) is 21.2. The number of aromatic nitrogens is 1. The zero-order valence-electron chi connectivity index (χ0n) is 21.2. The first-order valence-electron chi connectivity index (χ1n) is 13.5. The third-order valence-corrected chi connectivity index (χ3v) is 9.35. The highest BCUT2D eigenvalue weighted by Crippen LogP contribution is 2.62. The molecule has 2 atom stereocenters. The van der Waals surface area contributed by atoms with Gasteiger partial charge in [0.15, 0.2) is 0 Å². The summed E-state index contributed by atoms with van der Waals surface area (Å²) in [4.78, 5) is 17.7. The van der Waals surface area contributed by atoms with Gasteiger partial charge in [-0.25, -0.2) is 0 Å². The summed E-state index contributed by atoms with van der Waals surface area (Å²) in [7, 11) is 0. The van der Waals surface area contributed by atoms with Crippen LogP contribution in [0.2, 0.25) is 0 Å². The number of nitrogens with zero attached hydrogens (tertiary/aromatic N) is 2. The van der Waals surface area contributed by atoms with Crippen molar-refractivity contribution in [3.05, 3.63) is 68.4 Å². The highest BCUT2D eigenvalue weighted by Gasteiger charge is 2.54. The molecule has 34 heavy (non-hydrogen) atoms. The first-order valence-corrected chi connectivity index (χ1v) is 13.5. The molecule has 0 radical (unpaired) electrons. The molecule has 4 heteroatoms. The Morgan fingerprint density at radius 2 is 1.65 bits per heavy atom. The molecule has 3 aliphatic carbocycles. The maximum atomic E-state index is 12.3. The zero-order chi connectivity index (χ0) is 23.7. The molecule has 2 saturated carbocycles. The van der Waals surface area contributed by atoms with Crippen LogP contribution in [0.3, 0.4) is 0 Å². The molecule has 2 spiro atoms. The fraction of sp³-hybridized carbons (Fsp3) is 0.633. The molecule has 1 aromatic heterocycles. The molecule has 180 valence electrons. The molecule has 4 nitrogen and oxygen atoms in total. The molecule has 0 N–H and O–H groups in total. The van der Waals surface area contributed by atoms with Crippen LogP contribution in [0, 0.1) is 10.3 Å². The van der Waals surface area contributed by atoms with Gasteiger partial charge in [-0.2, -0.15) is 4.91 Å². The number of ether oxygens (including phenoxy) is 1. The van der Waals surface area contributed by atoms with Gasteiger partial charge in [0, 0.05) is 22.5 Å². The average molecular weight is 459 g/mol. The fourth-order valence-electron chi connectivity index (χ4n) is 7.41. The SMILES string of the molecule is CC(C)c1ccc([C@H]2OC3(CCCC3)c3c2c(C(C)C)nc2c3[C@@H](N=O)CC3(CCC3)C2)cc1. The summed E-state index contributed by atoms with van der Waals surface area (Å²) in [5, 5.41) is 3.76. The second-order valence-electron chi connectivity index (χ2n) is 12.2. The van der Waals surface area contributed by atoms with Crippen molar-refractivity contribution in [1.29, 1.82) is 0 Å². The summed E-state index contributed by atoms with van der Waals surface area (Å²) in [5.41, 5.74) is 8.56. The first-order chi connectivity index (χ1) is 16.4. The number of benzene rings is 1. The van der Waals surface area contributed by atoms with Crippen LogP contribution >= 0.6 is 0 Å². The minimum Gasteiger partial charge on any atom is -0.358 e. The van der Waals surface area contributed by atoms with Gasteiger partial charge >= 0.3 is 0 Å². The molecular formula is C30H38N2O2. The lowest BCUT2D eigenvalue weighted by Gasteiger charge is -2.47. The molecule has 0 bridgehead atoms. The molecule has 0 unspecified atom stereocenters. The van der Waals surface area contributed by atoms with E-state index in [0.717, 1.165) is 36.9 Å². The van der Waals surface area contributed by atoms with Crippen LogP contribution in [0.4, 0.5) is 0 Å². The van der Waals surface area contributed by atoms with Crippen molar-refractivity contribution in [2.24, 2.45) is 10.6 Å². The first kappa shape index (κ1) is 22.4. The number of fused-ring (bicyclic) bond motifs is 4. The van der Waals surface area contributed by atoms with Gasteiger partial charge in [-0.1, -0.05) is 76.4 Å². The topological polar surface area (TPSA) is 51.6 Å². The molecule has 1 aromatic carbocycles. The van der Waals surface area contributed by atoms with Crippen LogP contribution in [-0.2, 0) is 16.8 Å². The molecule has 4 aliphatic rings. The van der Waals surface area contributed by atoms with E-state index in [0.29, 0.717) is 11.8 Å². The number of nitroso groups, excluding NO2 is 1. The van der Waals surface area contributed by atoms with E-state index in [-0.39, 0.29) is 23.2 Å². The molecule has 2 fully saturated rings. The monoisotopic (exact) mass is 458 g/mol. The Morgan fingerprint density at radius 1 is 0.941 bits per heavy atom. The van der Waals surface area contributed by atoms with E-state index in [2.05, 4.69) is 57.1 Å². The van der Waals surface area contributed by atoms with Crippen LogP contribution in [0.1, 0.15) is 142 Å². The van der Waals surface area contributed by atoms with Crippen molar-refractivity contribution < 1.29 is 4.74 Å². The smallest absolute Gasteiger partial charge is 0.120 e. The summed E-state index contributed by atoms with van der Waals surface area (Å²) in [6, 6.07) is 8.72. The normalized spacial score (nSPS) is 26.2. The molecular weight excluding hydrogens is 420 g/mol. The van der Waals surface area contributed by atoms with Crippen LogP contribution < -0.4 is 0 Å². The third kappa shape index (κ3) is 3.24. The lowest BCUT2D eigenvalue weighted by atomic mass is 9.58. The van der Waals surface area contributed by atoms with Crippen molar-refractivity contribution >= 4 is 0 Å². The molecule has 6 rings (SSSR count). The van der Waals surface area contributed by atoms with Crippen molar-refractivity contribution in [3.8, 4) is 0 Å². The Bertz CT molecular complexity index is 1110. The molecule has 2 aromatic rings. The van der Waals surface area contributed by atoms with E-state index in [1.807, 2.05) is 0 Å². The number of hydrogen-bond donors (Lipinski definition) is 0. The van der Waals surface area contributed by atoms with E-state index < -0.39 is 0 Å². The van der Waals surface area contributed by atoms with Gasteiger partial charge in [-0.05, 0) is 72.5 Å². The fourth-order valence-corrected chi connectivity index (χ4v) is 7.41. The Labute approximate surface area is 203 Å². The standard InChI is InChI=1S/C30H38N2O2/c1-18(2)20-8-10-21(11-9-20)28-25-26(30(34-28)14-5-6-15-30)24-22(31-27(25)19(3)4)16-29(12-7-13-29)17-23(24)32-33/h8-11,18-19,23,28H,5-7,12-17H2,1-4H3/t23-,28+/m0/s1. The molecule has 0 saturated heterocycles. The predicted molar refractivity (Wildman–Crippen MR) is 135 cm³/mol. The minimum atomic E-state index is -0.291. The van der Waals surface area contributed by atoms with E-state index in [1.54, 1.807) is 0 Å². The average Bonchev–Trinajstić information content (AvgIpc) is 3.42. The number of rotatable bonds is 4. The van der Waals surface area contributed by atoms with Crippen LogP contribution in [0.5, 0.6) is 0 Å². The van der Waals surface area contributed by atoms with Crippen molar-refractivity contribution in [2.45, 2.75) is 115 Å². The largest absolute Gasteiger partial charge is 0.358 e. The van der Waals surface area contributed by atoms with Gasteiger partial charge in [0.2, 0.25) is 0 Å². The second kappa shape index (κ2) is 7.98. The van der Waals surface area contributed by atoms with Gasteiger partial charge in [0.1, 0.15) is 12.1 Å². The molecule has 1 aliphatic heterocycles.